The molecule has 1 fully saturated rings. The van der Waals surface area contributed by atoms with Crippen LogP contribution in [0.3, 0.4) is 0 Å². The molecule has 0 saturated carbocycles. The number of nitrogens with zero attached hydrogens (tertiary/aromatic N) is 5. The van der Waals surface area contributed by atoms with Crippen molar-refractivity contribution >= 4 is 17.6 Å². The minimum atomic E-state index is -0.557. The quantitative estimate of drug-likeness (QED) is 0.530. The Labute approximate surface area is 211 Å². The Morgan fingerprint density at radius 1 is 1.25 bits per heavy atom. The van der Waals surface area contributed by atoms with Gasteiger partial charge in [-0.3, -0.25) is 9.89 Å². The molecule has 1 aliphatic heterocycles. The number of ether oxygens (including phenoxy) is 1. The molecule has 4 heterocycles. The summed E-state index contributed by atoms with van der Waals surface area (Å²) in [4.78, 5) is 30.7. The van der Waals surface area contributed by atoms with Crippen LogP contribution in [0.15, 0.2) is 18.6 Å². The maximum atomic E-state index is 12.7. The number of likely N-dealkylation sites (tertiary alicyclic amines) is 1. The fourth-order valence-corrected chi connectivity index (χ4v) is 4.86. The van der Waals surface area contributed by atoms with Crippen LogP contribution in [0.1, 0.15) is 82.5 Å². The number of aryl methyl sites for hydroxylation is 1. The number of rotatable bonds is 6. The Bertz CT molecular complexity index is 1230. The first-order valence-corrected chi connectivity index (χ1v) is 12.7. The second-order valence-electron chi connectivity index (χ2n) is 10.8. The van der Waals surface area contributed by atoms with Gasteiger partial charge in [0.05, 0.1) is 11.4 Å². The summed E-state index contributed by atoms with van der Waals surface area (Å²) in [5.41, 5.74) is 5.73. The average Bonchev–Trinajstić information content (AvgIpc) is 3.45. The molecule has 4 rings (SSSR count). The van der Waals surface area contributed by atoms with Gasteiger partial charge in [-0.1, -0.05) is 13.8 Å². The molecule has 194 valence electrons. The summed E-state index contributed by atoms with van der Waals surface area (Å²) in [6.07, 6.45) is 5.04. The average molecular weight is 496 g/mol. The number of alkyl carbamates (subject to hydrolysis) is 1. The standard InChI is InChI=1S/C26H37N7O3/c1-16(2)21-22(30-31-23(21)19-13-17(3)24-28-15-29-33(24)14-19)18-8-11-32(12-9-18)20(34)7-10-27-25(35)36-26(4,5)6/h13-16,18H,7-12H2,1-6H3,(H,27,35)(H,30,31). The highest BCUT2D eigenvalue weighted by Gasteiger charge is 2.29. The number of nitrogens with one attached hydrogen (secondary N) is 2. The Kier molecular flexibility index (Phi) is 7.33. The molecule has 10 heteroatoms. The van der Waals surface area contributed by atoms with Gasteiger partial charge in [-0.05, 0) is 58.1 Å². The summed E-state index contributed by atoms with van der Waals surface area (Å²) >= 11 is 0. The minimum absolute atomic E-state index is 0.0490. The molecule has 0 aliphatic carbocycles. The lowest BCUT2D eigenvalue weighted by Crippen LogP contribution is -2.40. The zero-order valence-electron chi connectivity index (χ0n) is 22.1. The number of carbonyl (C=O) groups is 2. The summed E-state index contributed by atoms with van der Waals surface area (Å²) in [5.74, 6) is 0.625. The van der Waals surface area contributed by atoms with Gasteiger partial charge in [0.15, 0.2) is 5.65 Å². The van der Waals surface area contributed by atoms with Crippen LogP contribution in [0.25, 0.3) is 16.9 Å². The molecule has 2 amide bonds. The molecule has 1 saturated heterocycles. The van der Waals surface area contributed by atoms with Crippen molar-refractivity contribution in [3.8, 4) is 11.3 Å². The van der Waals surface area contributed by atoms with Crippen LogP contribution >= 0.6 is 0 Å². The molecule has 3 aromatic rings. The summed E-state index contributed by atoms with van der Waals surface area (Å²) in [6.45, 7) is 13.5. The molecule has 0 radical (unpaired) electrons. The zero-order chi connectivity index (χ0) is 26.0. The van der Waals surface area contributed by atoms with Crippen molar-refractivity contribution in [1.82, 2.24) is 35.0 Å². The Hall–Kier alpha value is -3.43. The lowest BCUT2D eigenvalue weighted by atomic mass is 9.86. The molecule has 1 aliphatic rings. The van der Waals surface area contributed by atoms with Crippen molar-refractivity contribution in [2.75, 3.05) is 19.6 Å². The molecular weight excluding hydrogens is 458 g/mol. The predicted octanol–water partition coefficient (Wildman–Crippen LogP) is 4.17. The van der Waals surface area contributed by atoms with Crippen LogP contribution in [0.2, 0.25) is 0 Å². The van der Waals surface area contributed by atoms with E-state index in [-0.39, 0.29) is 24.8 Å². The second kappa shape index (κ2) is 10.3. The molecule has 10 nitrogen and oxygen atoms in total. The molecule has 3 aromatic heterocycles. The van der Waals surface area contributed by atoms with Gasteiger partial charge < -0.3 is 15.0 Å². The number of amides is 2. The highest BCUT2D eigenvalue weighted by atomic mass is 16.6. The van der Waals surface area contributed by atoms with Crippen molar-refractivity contribution in [3.05, 3.63) is 35.4 Å². The first-order chi connectivity index (χ1) is 17.0. The van der Waals surface area contributed by atoms with E-state index < -0.39 is 11.7 Å². The number of pyridine rings is 1. The third-order valence-electron chi connectivity index (χ3n) is 6.50. The van der Waals surface area contributed by atoms with E-state index in [1.807, 2.05) is 38.8 Å². The molecule has 0 unspecified atom stereocenters. The van der Waals surface area contributed by atoms with Crippen molar-refractivity contribution in [1.29, 1.82) is 0 Å². The number of hydrogen-bond donors (Lipinski definition) is 2. The Morgan fingerprint density at radius 2 is 1.97 bits per heavy atom. The number of aromatic amines is 1. The fourth-order valence-electron chi connectivity index (χ4n) is 4.86. The van der Waals surface area contributed by atoms with Crippen molar-refractivity contribution in [2.45, 2.75) is 78.2 Å². The molecule has 0 aromatic carbocycles. The van der Waals surface area contributed by atoms with E-state index in [1.54, 1.807) is 10.8 Å². The SMILES string of the molecule is Cc1cc(-c2[nH]nc(C3CCN(C(=O)CCNC(=O)OC(C)(C)C)CC3)c2C(C)C)cn2ncnc12. The predicted molar refractivity (Wildman–Crippen MR) is 137 cm³/mol. The van der Waals surface area contributed by atoms with E-state index in [0.29, 0.717) is 19.0 Å². The fraction of sp³-hybridized carbons (Fsp3) is 0.577. The topological polar surface area (TPSA) is 118 Å². The number of piperidine rings is 1. The lowest BCUT2D eigenvalue weighted by molar-refractivity contribution is -0.132. The van der Waals surface area contributed by atoms with Crippen molar-refractivity contribution < 1.29 is 14.3 Å². The summed E-state index contributed by atoms with van der Waals surface area (Å²) < 4.78 is 7.03. The molecule has 0 atom stereocenters. The molecule has 2 N–H and O–H groups in total. The highest BCUT2D eigenvalue weighted by Crippen LogP contribution is 2.37. The normalized spacial score (nSPS) is 15.0. The lowest BCUT2D eigenvalue weighted by Gasteiger charge is -2.32. The number of H-pyrrole nitrogens is 1. The zero-order valence-corrected chi connectivity index (χ0v) is 22.1. The van der Waals surface area contributed by atoms with Gasteiger partial charge >= 0.3 is 6.09 Å². The molecule has 36 heavy (non-hydrogen) atoms. The maximum Gasteiger partial charge on any atom is 0.407 e. The first kappa shape index (κ1) is 25.7. The summed E-state index contributed by atoms with van der Waals surface area (Å²) in [7, 11) is 0. The third kappa shape index (κ3) is 5.68. The van der Waals surface area contributed by atoms with Gasteiger partial charge in [0.2, 0.25) is 5.91 Å². The number of fused-ring (bicyclic) bond motifs is 1. The van der Waals surface area contributed by atoms with E-state index >= 15 is 0 Å². The molecule has 0 bridgehead atoms. The Morgan fingerprint density at radius 3 is 2.64 bits per heavy atom. The van der Waals surface area contributed by atoms with E-state index in [9.17, 15) is 9.59 Å². The summed E-state index contributed by atoms with van der Waals surface area (Å²) in [6, 6.07) is 2.12. The van der Waals surface area contributed by atoms with Crippen LogP contribution < -0.4 is 5.32 Å². The number of aromatic nitrogens is 5. The van der Waals surface area contributed by atoms with Gasteiger partial charge in [0, 0.05) is 49.3 Å². The molecule has 0 spiro atoms. The minimum Gasteiger partial charge on any atom is -0.444 e. The first-order valence-electron chi connectivity index (χ1n) is 12.7. The van der Waals surface area contributed by atoms with E-state index in [1.165, 1.54) is 5.56 Å². The number of carbonyl (C=O) groups excluding carboxylic acids is 2. The highest BCUT2D eigenvalue weighted by molar-refractivity contribution is 5.77. The largest absolute Gasteiger partial charge is 0.444 e. The van der Waals surface area contributed by atoms with Crippen LogP contribution in [0.5, 0.6) is 0 Å². The monoisotopic (exact) mass is 495 g/mol. The molecular formula is C26H37N7O3. The second-order valence-corrected chi connectivity index (χ2v) is 10.8. The Balaban J connectivity index is 1.39. The summed E-state index contributed by atoms with van der Waals surface area (Å²) in [5, 5.41) is 15.0. The third-order valence-corrected chi connectivity index (χ3v) is 6.50. The number of hydrogen-bond acceptors (Lipinski definition) is 6. The van der Waals surface area contributed by atoms with Crippen LogP contribution in [0.4, 0.5) is 4.79 Å². The van der Waals surface area contributed by atoms with Gasteiger partial charge in [-0.2, -0.15) is 10.2 Å². The van der Waals surface area contributed by atoms with Crippen molar-refractivity contribution in [2.24, 2.45) is 0 Å². The van der Waals surface area contributed by atoms with Crippen LogP contribution in [0, 0.1) is 6.92 Å². The van der Waals surface area contributed by atoms with Gasteiger partial charge in [0.1, 0.15) is 11.9 Å². The smallest absolute Gasteiger partial charge is 0.407 e. The van der Waals surface area contributed by atoms with Gasteiger partial charge in [-0.15, -0.1) is 0 Å². The van der Waals surface area contributed by atoms with Crippen molar-refractivity contribution in [3.63, 3.8) is 0 Å². The van der Waals surface area contributed by atoms with Crippen LogP contribution in [-0.2, 0) is 9.53 Å². The maximum absolute atomic E-state index is 12.7. The van der Waals surface area contributed by atoms with Gasteiger partial charge in [-0.25, -0.2) is 14.3 Å². The van der Waals surface area contributed by atoms with E-state index in [0.717, 1.165) is 41.0 Å². The van der Waals surface area contributed by atoms with Gasteiger partial charge in [0.25, 0.3) is 0 Å². The van der Waals surface area contributed by atoms with E-state index in [2.05, 4.69) is 40.4 Å². The van der Waals surface area contributed by atoms with E-state index in [4.69, 9.17) is 9.84 Å². The van der Waals surface area contributed by atoms with Crippen LogP contribution in [-0.4, -0.2) is 66.9 Å².